The lowest BCUT2D eigenvalue weighted by atomic mass is 10.0. The van der Waals surface area contributed by atoms with E-state index >= 15 is 0 Å². The standard InChI is InChI=1S/C36H39Cl2N3O5S/c1-4-5-21-39-36(43)33(22-27-11-7-6-8-12-27)40(24-28-13-9-10-14-31(28)37)35(42)25-41(29-17-20-34(46-3)32(38)23-29)47(44,45)30-18-15-26(2)16-19-30/h6-20,23,33H,4-5,21-22,24-25H2,1-3H3,(H,39,43)/t33-/m0/s1. The number of nitrogens with one attached hydrogen (secondary N) is 1. The highest BCUT2D eigenvalue weighted by Crippen LogP contribution is 2.32. The number of hydrogen-bond donors (Lipinski definition) is 1. The number of rotatable bonds is 15. The first kappa shape index (κ1) is 35.8. The fourth-order valence-electron chi connectivity index (χ4n) is 5.05. The Bertz CT molecular complexity index is 1770. The third-order valence-electron chi connectivity index (χ3n) is 7.71. The van der Waals surface area contributed by atoms with Crippen LogP contribution in [0.4, 0.5) is 5.69 Å². The van der Waals surface area contributed by atoms with Crippen LogP contribution in [0.15, 0.2) is 102 Å². The van der Waals surface area contributed by atoms with E-state index in [0.717, 1.165) is 28.3 Å². The maximum absolute atomic E-state index is 14.6. The number of carbonyl (C=O) groups excluding carboxylic acids is 2. The van der Waals surface area contributed by atoms with Gasteiger partial charge in [0.1, 0.15) is 18.3 Å². The lowest BCUT2D eigenvalue weighted by molar-refractivity contribution is -0.140. The number of amides is 2. The van der Waals surface area contributed by atoms with E-state index in [2.05, 4.69) is 5.32 Å². The first-order valence-electron chi connectivity index (χ1n) is 15.3. The van der Waals surface area contributed by atoms with Crippen molar-refractivity contribution in [2.75, 3.05) is 24.5 Å². The van der Waals surface area contributed by atoms with Gasteiger partial charge < -0.3 is 15.0 Å². The molecule has 0 unspecified atom stereocenters. The molecule has 0 heterocycles. The van der Waals surface area contributed by atoms with Crippen LogP contribution in [0.2, 0.25) is 10.0 Å². The molecule has 1 N–H and O–H groups in total. The van der Waals surface area contributed by atoms with Crippen LogP contribution in [0.3, 0.4) is 0 Å². The maximum atomic E-state index is 14.6. The van der Waals surface area contributed by atoms with Crippen LogP contribution >= 0.6 is 23.2 Å². The molecule has 11 heteroatoms. The molecule has 0 radical (unpaired) electrons. The van der Waals surface area contributed by atoms with Crippen molar-refractivity contribution >= 4 is 50.7 Å². The first-order chi connectivity index (χ1) is 22.5. The number of carbonyl (C=O) groups is 2. The Morgan fingerprint density at radius 3 is 2.21 bits per heavy atom. The van der Waals surface area contributed by atoms with Crippen molar-refractivity contribution < 1.29 is 22.7 Å². The zero-order valence-corrected chi connectivity index (χ0v) is 29.0. The molecule has 8 nitrogen and oxygen atoms in total. The Morgan fingerprint density at radius 2 is 1.57 bits per heavy atom. The lowest BCUT2D eigenvalue weighted by Crippen LogP contribution is -2.53. The molecule has 4 rings (SSSR count). The molecule has 0 spiro atoms. The van der Waals surface area contributed by atoms with Gasteiger partial charge in [-0.05, 0) is 60.9 Å². The summed E-state index contributed by atoms with van der Waals surface area (Å²) < 4.78 is 34.8. The molecule has 0 aliphatic heterocycles. The summed E-state index contributed by atoms with van der Waals surface area (Å²) >= 11 is 13.0. The number of ether oxygens (including phenoxy) is 1. The summed E-state index contributed by atoms with van der Waals surface area (Å²) in [5, 5.41) is 3.57. The highest BCUT2D eigenvalue weighted by atomic mass is 35.5. The van der Waals surface area contributed by atoms with Gasteiger partial charge in [-0.3, -0.25) is 13.9 Å². The van der Waals surface area contributed by atoms with Gasteiger partial charge in [0, 0.05) is 24.5 Å². The molecule has 0 aromatic heterocycles. The van der Waals surface area contributed by atoms with Gasteiger partial charge in [-0.1, -0.05) is 103 Å². The van der Waals surface area contributed by atoms with Crippen LogP contribution in [0.1, 0.15) is 36.5 Å². The van der Waals surface area contributed by atoms with Crippen molar-refractivity contribution in [2.24, 2.45) is 0 Å². The summed E-state index contributed by atoms with van der Waals surface area (Å²) in [6.07, 6.45) is 1.85. The maximum Gasteiger partial charge on any atom is 0.264 e. The summed E-state index contributed by atoms with van der Waals surface area (Å²) in [7, 11) is -2.82. The molecule has 248 valence electrons. The number of methoxy groups -OCH3 is 1. The van der Waals surface area contributed by atoms with E-state index in [-0.39, 0.29) is 34.5 Å². The van der Waals surface area contributed by atoms with Gasteiger partial charge in [-0.25, -0.2) is 8.42 Å². The first-order valence-corrected chi connectivity index (χ1v) is 17.5. The number of benzene rings is 4. The fourth-order valence-corrected chi connectivity index (χ4v) is 6.90. The average molecular weight is 697 g/mol. The third kappa shape index (κ3) is 9.28. The summed E-state index contributed by atoms with van der Waals surface area (Å²) in [4.78, 5) is 29.9. The number of anilines is 1. The number of unbranched alkanes of at least 4 members (excludes halogenated alkanes) is 1. The van der Waals surface area contributed by atoms with Crippen LogP contribution in [0.5, 0.6) is 5.75 Å². The van der Waals surface area contributed by atoms with Gasteiger partial charge >= 0.3 is 0 Å². The molecule has 4 aromatic carbocycles. The van der Waals surface area contributed by atoms with Gasteiger partial charge in [-0.15, -0.1) is 0 Å². The largest absolute Gasteiger partial charge is 0.495 e. The molecular weight excluding hydrogens is 657 g/mol. The molecule has 1 atom stereocenters. The summed E-state index contributed by atoms with van der Waals surface area (Å²) in [6.45, 7) is 3.67. The molecular formula is C36H39Cl2N3O5S. The van der Waals surface area contributed by atoms with Gasteiger partial charge in [0.15, 0.2) is 0 Å². The SMILES string of the molecule is CCCCNC(=O)[C@H](Cc1ccccc1)N(Cc1ccccc1Cl)C(=O)CN(c1ccc(OC)c(Cl)c1)S(=O)(=O)c1ccc(C)cc1. The second kappa shape index (κ2) is 16.7. The number of sulfonamides is 1. The summed E-state index contributed by atoms with van der Waals surface area (Å²) in [6, 6.07) is 26.4. The molecule has 2 amide bonds. The highest BCUT2D eigenvalue weighted by Gasteiger charge is 2.35. The third-order valence-corrected chi connectivity index (χ3v) is 10.2. The zero-order chi connectivity index (χ0) is 34.0. The van der Waals surface area contributed by atoms with E-state index in [1.807, 2.05) is 44.2 Å². The van der Waals surface area contributed by atoms with Crippen LogP contribution in [0, 0.1) is 6.92 Å². The highest BCUT2D eigenvalue weighted by molar-refractivity contribution is 7.92. The molecule has 0 saturated heterocycles. The summed E-state index contributed by atoms with van der Waals surface area (Å²) in [5.41, 5.74) is 2.49. The Kier molecular flexibility index (Phi) is 12.7. The normalized spacial score (nSPS) is 11.9. The Balaban J connectivity index is 1.82. The molecule has 0 aliphatic rings. The predicted octanol–water partition coefficient (Wildman–Crippen LogP) is 7.06. The minimum absolute atomic E-state index is 0.00126. The van der Waals surface area contributed by atoms with Crippen molar-refractivity contribution in [1.29, 1.82) is 0 Å². The predicted molar refractivity (Wildman–Crippen MR) is 188 cm³/mol. The number of halogens is 2. The Hall–Kier alpha value is -4.05. The zero-order valence-electron chi connectivity index (χ0n) is 26.7. The smallest absolute Gasteiger partial charge is 0.264 e. The van der Waals surface area contributed by atoms with Crippen molar-refractivity contribution in [2.45, 2.75) is 50.6 Å². The topological polar surface area (TPSA) is 96.0 Å². The minimum atomic E-state index is -4.28. The number of nitrogens with zero attached hydrogens (tertiary/aromatic N) is 2. The molecule has 0 aliphatic carbocycles. The quantitative estimate of drug-likeness (QED) is 0.134. The van der Waals surface area contributed by atoms with Crippen LogP contribution in [0.25, 0.3) is 0 Å². The van der Waals surface area contributed by atoms with Crippen molar-refractivity contribution in [3.8, 4) is 5.75 Å². The second-order valence-corrected chi connectivity index (χ2v) is 13.8. The van der Waals surface area contributed by atoms with E-state index < -0.39 is 28.5 Å². The van der Waals surface area contributed by atoms with Crippen LogP contribution in [-0.4, -0.2) is 51.4 Å². The van der Waals surface area contributed by atoms with Crippen LogP contribution in [-0.2, 0) is 32.6 Å². The van der Waals surface area contributed by atoms with E-state index in [1.54, 1.807) is 42.5 Å². The molecule has 0 saturated carbocycles. The summed E-state index contributed by atoms with van der Waals surface area (Å²) in [5.74, 6) is -0.594. The van der Waals surface area contributed by atoms with Gasteiger partial charge in [0.05, 0.1) is 22.7 Å². The van der Waals surface area contributed by atoms with E-state index in [9.17, 15) is 18.0 Å². The fraction of sp³-hybridized carbons (Fsp3) is 0.278. The van der Waals surface area contributed by atoms with Crippen molar-refractivity contribution in [1.82, 2.24) is 10.2 Å². The van der Waals surface area contributed by atoms with E-state index in [1.165, 1.54) is 36.3 Å². The monoisotopic (exact) mass is 695 g/mol. The minimum Gasteiger partial charge on any atom is -0.495 e. The average Bonchev–Trinajstić information content (AvgIpc) is 3.06. The number of aryl methyl sites for hydroxylation is 1. The van der Waals surface area contributed by atoms with Gasteiger partial charge in [0.25, 0.3) is 10.0 Å². The molecule has 0 fully saturated rings. The molecule has 0 bridgehead atoms. The van der Waals surface area contributed by atoms with Crippen LogP contribution < -0.4 is 14.4 Å². The molecule has 4 aromatic rings. The lowest BCUT2D eigenvalue weighted by Gasteiger charge is -2.34. The Morgan fingerprint density at radius 1 is 0.894 bits per heavy atom. The second-order valence-electron chi connectivity index (χ2n) is 11.1. The van der Waals surface area contributed by atoms with Gasteiger partial charge in [0.2, 0.25) is 11.8 Å². The molecule has 47 heavy (non-hydrogen) atoms. The van der Waals surface area contributed by atoms with Crippen molar-refractivity contribution in [3.05, 3.63) is 124 Å². The van der Waals surface area contributed by atoms with Crippen molar-refractivity contribution in [3.63, 3.8) is 0 Å². The van der Waals surface area contributed by atoms with E-state index in [0.29, 0.717) is 22.9 Å². The van der Waals surface area contributed by atoms with Gasteiger partial charge in [-0.2, -0.15) is 0 Å². The Labute approximate surface area is 287 Å². The number of hydrogen-bond acceptors (Lipinski definition) is 5. The van der Waals surface area contributed by atoms with E-state index in [4.69, 9.17) is 27.9 Å².